The maximum Gasteiger partial charge on any atom is 0.313 e. The van der Waals surface area contributed by atoms with Crippen LogP contribution >= 0.6 is 11.6 Å². The van der Waals surface area contributed by atoms with Crippen molar-refractivity contribution in [2.75, 3.05) is 0 Å². The van der Waals surface area contributed by atoms with Crippen LogP contribution in [0.15, 0.2) is 18.2 Å². The topological polar surface area (TPSA) is 57.5 Å². The Morgan fingerprint density at radius 1 is 1.43 bits per heavy atom. The maximum absolute atomic E-state index is 10.9. The predicted molar refractivity (Wildman–Crippen MR) is 53.8 cm³/mol. The van der Waals surface area contributed by atoms with Crippen LogP contribution in [-0.2, 0) is 10.2 Å². The molecule has 0 fully saturated rings. The minimum Gasteiger partial charge on any atom is -0.508 e. The standard InChI is InChI=1S/C10H11ClO3/c1-10(2,9(13)14)7-4-3-6(11)5-8(7)12/h3-5,12H,1-2H3,(H,13,14). The van der Waals surface area contributed by atoms with E-state index in [1.54, 1.807) is 6.07 Å². The first kappa shape index (κ1) is 10.9. The van der Waals surface area contributed by atoms with E-state index in [0.29, 0.717) is 10.6 Å². The first-order chi connectivity index (χ1) is 6.35. The summed E-state index contributed by atoms with van der Waals surface area (Å²) in [5.41, 5.74) is -0.760. The second-order valence-electron chi connectivity index (χ2n) is 3.59. The predicted octanol–water partition coefficient (Wildman–Crippen LogP) is 2.41. The summed E-state index contributed by atoms with van der Waals surface area (Å²) in [6.07, 6.45) is 0. The molecule has 0 saturated heterocycles. The molecule has 4 heteroatoms. The third-order valence-corrected chi connectivity index (χ3v) is 2.40. The molecule has 14 heavy (non-hydrogen) atoms. The summed E-state index contributed by atoms with van der Waals surface area (Å²) >= 11 is 5.64. The zero-order valence-corrected chi connectivity index (χ0v) is 8.67. The lowest BCUT2D eigenvalue weighted by Crippen LogP contribution is -2.28. The lowest BCUT2D eigenvalue weighted by Gasteiger charge is -2.20. The Kier molecular flexibility index (Phi) is 2.71. The van der Waals surface area contributed by atoms with E-state index in [2.05, 4.69) is 0 Å². The van der Waals surface area contributed by atoms with Crippen molar-refractivity contribution in [3.8, 4) is 5.75 Å². The highest BCUT2D eigenvalue weighted by Crippen LogP contribution is 2.32. The molecule has 0 unspecified atom stereocenters. The smallest absolute Gasteiger partial charge is 0.313 e. The van der Waals surface area contributed by atoms with Crippen molar-refractivity contribution < 1.29 is 15.0 Å². The molecule has 0 heterocycles. The Labute approximate surface area is 86.9 Å². The van der Waals surface area contributed by atoms with Crippen molar-refractivity contribution in [3.05, 3.63) is 28.8 Å². The zero-order chi connectivity index (χ0) is 10.9. The summed E-state index contributed by atoms with van der Waals surface area (Å²) in [7, 11) is 0. The number of phenols is 1. The van der Waals surface area contributed by atoms with Crippen LogP contribution in [0, 0.1) is 0 Å². The van der Waals surface area contributed by atoms with Crippen molar-refractivity contribution in [3.63, 3.8) is 0 Å². The second kappa shape index (κ2) is 3.50. The van der Waals surface area contributed by atoms with Gasteiger partial charge in [0.15, 0.2) is 0 Å². The van der Waals surface area contributed by atoms with Gasteiger partial charge >= 0.3 is 5.97 Å². The number of carboxylic acids is 1. The summed E-state index contributed by atoms with van der Waals surface area (Å²) < 4.78 is 0. The molecular formula is C10H11ClO3. The van der Waals surface area contributed by atoms with Gasteiger partial charge in [-0.05, 0) is 26.0 Å². The molecular weight excluding hydrogens is 204 g/mol. The van der Waals surface area contributed by atoms with E-state index in [0.717, 1.165) is 0 Å². The fourth-order valence-corrected chi connectivity index (χ4v) is 1.31. The number of carbonyl (C=O) groups is 1. The normalized spacial score (nSPS) is 11.4. The monoisotopic (exact) mass is 214 g/mol. The van der Waals surface area contributed by atoms with E-state index in [1.807, 2.05) is 0 Å². The van der Waals surface area contributed by atoms with Gasteiger partial charge in [-0.1, -0.05) is 17.7 Å². The van der Waals surface area contributed by atoms with Crippen molar-refractivity contribution >= 4 is 17.6 Å². The number of hydrogen-bond donors (Lipinski definition) is 2. The average molecular weight is 215 g/mol. The molecule has 1 aromatic carbocycles. The van der Waals surface area contributed by atoms with Crippen molar-refractivity contribution in [1.82, 2.24) is 0 Å². The Morgan fingerprint density at radius 3 is 2.43 bits per heavy atom. The molecule has 0 aliphatic heterocycles. The average Bonchev–Trinajstić information content (AvgIpc) is 2.02. The Morgan fingerprint density at radius 2 is 2.00 bits per heavy atom. The van der Waals surface area contributed by atoms with Crippen LogP contribution in [0.3, 0.4) is 0 Å². The quantitative estimate of drug-likeness (QED) is 0.795. The molecule has 0 aliphatic carbocycles. The van der Waals surface area contributed by atoms with E-state index >= 15 is 0 Å². The second-order valence-corrected chi connectivity index (χ2v) is 4.03. The largest absolute Gasteiger partial charge is 0.508 e. The Hall–Kier alpha value is -1.22. The molecule has 0 saturated carbocycles. The molecule has 2 N–H and O–H groups in total. The van der Waals surface area contributed by atoms with Gasteiger partial charge in [-0.25, -0.2) is 0 Å². The Bertz CT molecular complexity index is 372. The number of aliphatic carboxylic acids is 1. The first-order valence-corrected chi connectivity index (χ1v) is 4.46. The summed E-state index contributed by atoms with van der Waals surface area (Å²) in [4.78, 5) is 10.9. The molecule has 0 aromatic heterocycles. The number of carboxylic acid groups (broad SMARTS) is 1. The molecule has 76 valence electrons. The summed E-state index contributed by atoms with van der Waals surface area (Å²) in [5.74, 6) is -1.08. The van der Waals surface area contributed by atoms with Gasteiger partial charge in [0.25, 0.3) is 0 Å². The van der Waals surface area contributed by atoms with Crippen LogP contribution in [0.2, 0.25) is 5.02 Å². The van der Waals surface area contributed by atoms with E-state index in [-0.39, 0.29) is 5.75 Å². The van der Waals surface area contributed by atoms with E-state index in [1.165, 1.54) is 26.0 Å². The van der Waals surface area contributed by atoms with Crippen LogP contribution in [-0.4, -0.2) is 16.2 Å². The zero-order valence-electron chi connectivity index (χ0n) is 7.91. The van der Waals surface area contributed by atoms with Gasteiger partial charge in [0, 0.05) is 10.6 Å². The molecule has 0 bridgehead atoms. The van der Waals surface area contributed by atoms with Crippen molar-refractivity contribution in [1.29, 1.82) is 0 Å². The Balaban J connectivity index is 3.26. The van der Waals surface area contributed by atoms with E-state index in [9.17, 15) is 9.90 Å². The minimum atomic E-state index is -1.12. The number of phenolic OH excluding ortho intramolecular Hbond substituents is 1. The summed E-state index contributed by atoms with van der Waals surface area (Å²) in [6, 6.07) is 4.41. The van der Waals surface area contributed by atoms with Crippen molar-refractivity contribution in [2.24, 2.45) is 0 Å². The fourth-order valence-electron chi connectivity index (χ4n) is 1.15. The lowest BCUT2D eigenvalue weighted by molar-refractivity contribution is -0.142. The summed E-state index contributed by atoms with van der Waals surface area (Å²) in [6.45, 7) is 3.05. The molecule has 3 nitrogen and oxygen atoms in total. The van der Waals surface area contributed by atoms with Gasteiger partial charge in [0.2, 0.25) is 0 Å². The molecule has 1 rings (SSSR count). The van der Waals surface area contributed by atoms with Gasteiger partial charge in [0.05, 0.1) is 5.41 Å². The number of halogens is 1. The van der Waals surface area contributed by atoms with E-state index in [4.69, 9.17) is 16.7 Å². The van der Waals surface area contributed by atoms with Gasteiger partial charge in [-0.15, -0.1) is 0 Å². The number of aromatic hydroxyl groups is 1. The minimum absolute atomic E-state index is 0.0927. The maximum atomic E-state index is 10.9. The van der Waals surface area contributed by atoms with E-state index < -0.39 is 11.4 Å². The third-order valence-electron chi connectivity index (χ3n) is 2.17. The third kappa shape index (κ3) is 1.82. The number of rotatable bonds is 2. The van der Waals surface area contributed by atoms with Crippen LogP contribution in [0.25, 0.3) is 0 Å². The van der Waals surface area contributed by atoms with Crippen LogP contribution < -0.4 is 0 Å². The molecule has 0 atom stereocenters. The van der Waals surface area contributed by atoms with Crippen LogP contribution in [0.4, 0.5) is 0 Å². The molecule has 0 aliphatic rings. The van der Waals surface area contributed by atoms with Gasteiger partial charge in [0.1, 0.15) is 5.75 Å². The highest BCUT2D eigenvalue weighted by molar-refractivity contribution is 6.30. The fraction of sp³-hybridized carbons (Fsp3) is 0.300. The first-order valence-electron chi connectivity index (χ1n) is 4.08. The SMILES string of the molecule is CC(C)(C(=O)O)c1ccc(Cl)cc1O. The van der Waals surface area contributed by atoms with Crippen LogP contribution in [0.5, 0.6) is 5.75 Å². The highest BCUT2D eigenvalue weighted by Gasteiger charge is 2.31. The number of benzene rings is 1. The molecule has 1 aromatic rings. The molecule has 0 spiro atoms. The molecule has 0 amide bonds. The van der Waals surface area contributed by atoms with Crippen LogP contribution in [0.1, 0.15) is 19.4 Å². The van der Waals surface area contributed by atoms with Gasteiger partial charge in [-0.3, -0.25) is 4.79 Å². The summed E-state index contributed by atoms with van der Waals surface area (Å²) in [5, 5.41) is 18.9. The number of hydrogen-bond acceptors (Lipinski definition) is 2. The lowest BCUT2D eigenvalue weighted by atomic mass is 9.84. The highest BCUT2D eigenvalue weighted by atomic mass is 35.5. The molecule has 0 radical (unpaired) electrons. The van der Waals surface area contributed by atoms with Gasteiger partial charge in [-0.2, -0.15) is 0 Å². The van der Waals surface area contributed by atoms with Gasteiger partial charge < -0.3 is 10.2 Å². The van der Waals surface area contributed by atoms with Crippen molar-refractivity contribution in [2.45, 2.75) is 19.3 Å².